The highest BCUT2D eigenvalue weighted by Gasteiger charge is 2.00. The van der Waals surface area contributed by atoms with Gasteiger partial charge in [0.05, 0.1) is 0 Å². The van der Waals surface area contributed by atoms with Gasteiger partial charge in [0.25, 0.3) is 0 Å². The molecule has 0 saturated carbocycles. The van der Waals surface area contributed by atoms with Gasteiger partial charge in [-0.25, -0.2) is 4.79 Å². The third-order valence-corrected chi connectivity index (χ3v) is 0.775. The molecule has 0 radical (unpaired) electrons. The highest BCUT2D eigenvalue weighted by Crippen LogP contribution is 1.85. The summed E-state index contributed by atoms with van der Waals surface area (Å²) in [5, 5.41) is 10.3. The molecule has 0 rings (SSSR count). The van der Waals surface area contributed by atoms with Gasteiger partial charge in [0, 0.05) is 20.3 Å². The van der Waals surface area contributed by atoms with Crippen LogP contribution in [0, 0.1) is 0 Å². The van der Waals surface area contributed by atoms with Crippen molar-refractivity contribution in [3.63, 3.8) is 0 Å². The average Bonchev–Trinajstić information content (AvgIpc) is 1.98. The van der Waals surface area contributed by atoms with Crippen LogP contribution in [0.25, 0.3) is 0 Å². The number of carbonyl (C=O) groups excluding carboxylic acids is 1. The maximum absolute atomic E-state index is 10.6. The van der Waals surface area contributed by atoms with E-state index in [2.05, 4.69) is 22.2 Å². The molecular formula is C5H10N4O. The molecule has 0 aliphatic rings. The highest BCUT2D eigenvalue weighted by atomic mass is 16.2. The predicted molar refractivity (Wildman–Crippen MR) is 37.3 cm³/mol. The number of nitrogens with zero attached hydrogens (tertiary/aromatic N) is 3. The minimum Gasteiger partial charge on any atom is -0.340 e. The molecule has 0 spiro atoms. The molecule has 0 aliphatic carbocycles. The molecule has 0 aliphatic heterocycles. The third kappa shape index (κ3) is 2.81. The second kappa shape index (κ2) is 4.49. The summed E-state index contributed by atoms with van der Waals surface area (Å²) in [4.78, 5) is 10.6. The molecule has 10 heavy (non-hydrogen) atoms. The molecule has 0 aromatic heterocycles. The van der Waals surface area contributed by atoms with Crippen molar-refractivity contribution in [2.75, 3.05) is 14.1 Å². The van der Waals surface area contributed by atoms with E-state index in [0.717, 1.165) is 5.01 Å². The predicted octanol–water partition coefficient (Wildman–Crippen LogP) is 0.768. The van der Waals surface area contributed by atoms with Gasteiger partial charge in [-0.1, -0.05) is 11.8 Å². The van der Waals surface area contributed by atoms with Crippen molar-refractivity contribution in [3.05, 3.63) is 12.8 Å². The summed E-state index contributed by atoms with van der Waals surface area (Å²) in [6.45, 7) is 3.30. The quantitative estimate of drug-likeness (QED) is 0.449. The average molecular weight is 142 g/mol. The van der Waals surface area contributed by atoms with Gasteiger partial charge in [-0.2, -0.15) is 5.01 Å². The SMILES string of the molecule is C=CN=NN(C)C(=O)NC. The number of rotatable bonds is 2. The molecular weight excluding hydrogens is 132 g/mol. The van der Waals surface area contributed by atoms with Crippen molar-refractivity contribution in [3.8, 4) is 0 Å². The Morgan fingerprint density at radius 3 is 2.80 bits per heavy atom. The zero-order valence-electron chi connectivity index (χ0n) is 6.03. The minimum absolute atomic E-state index is 0.314. The van der Waals surface area contributed by atoms with Gasteiger partial charge in [-0.3, -0.25) is 0 Å². The maximum atomic E-state index is 10.6. The molecule has 0 atom stereocenters. The first kappa shape index (κ1) is 8.61. The fourth-order valence-electron chi connectivity index (χ4n) is 0.316. The molecule has 56 valence electrons. The first-order valence-electron chi connectivity index (χ1n) is 2.69. The molecule has 0 unspecified atom stereocenters. The van der Waals surface area contributed by atoms with Crippen molar-refractivity contribution in [2.45, 2.75) is 0 Å². The van der Waals surface area contributed by atoms with E-state index in [0.29, 0.717) is 0 Å². The summed E-state index contributed by atoms with van der Waals surface area (Å²) >= 11 is 0. The van der Waals surface area contributed by atoms with Crippen LogP contribution in [0.15, 0.2) is 23.1 Å². The molecule has 1 N–H and O–H groups in total. The van der Waals surface area contributed by atoms with Crippen molar-refractivity contribution in [1.29, 1.82) is 0 Å². The molecule has 0 bridgehead atoms. The van der Waals surface area contributed by atoms with E-state index in [9.17, 15) is 4.79 Å². The lowest BCUT2D eigenvalue weighted by Crippen LogP contribution is -2.30. The molecule has 0 saturated heterocycles. The van der Waals surface area contributed by atoms with Gasteiger partial charge in [0.15, 0.2) is 0 Å². The van der Waals surface area contributed by atoms with E-state index < -0.39 is 0 Å². The van der Waals surface area contributed by atoms with Crippen LogP contribution in [0.3, 0.4) is 0 Å². The summed E-state index contributed by atoms with van der Waals surface area (Å²) < 4.78 is 0. The van der Waals surface area contributed by atoms with Crippen LogP contribution >= 0.6 is 0 Å². The first-order chi connectivity index (χ1) is 4.72. The Bertz CT molecular complexity index is 154. The van der Waals surface area contributed by atoms with Gasteiger partial charge < -0.3 is 5.32 Å². The van der Waals surface area contributed by atoms with E-state index in [1.54, 1.807) is 0 Å². The van der Waals surface area contributed by atoms with E-state index >= 15 is 0 Å². The molecule has 0 heterocycles. The zero-order valence-corrected chi connectivity index (χ0v) is 6.03. The number of urea groups is 1. The first-order valence-corrected chi connectivity index (χ1v) is 2.69. The van der Waals surface area contributed by atoms with E-state index in [-0.39, 0.29) is 6.03 Å². The Labute approximate surface area is 59.4 Å². The van der Waals surface area contributed by atoms with Crippen molar-refractivity contribution < 1.29 is 4.79 Å². The summed E-state index contributed by atoms with van der Waals surface area (Å²) in [6, 6.07) is -0.314. The monoisotopic (exact) mass is 142 g/mol. The largest absolute Gasteiger partial charge is 0.340 e. The number of hydrogen-bond donors (Lipinski definition) is 1. The molecule has 0 fully saturated rings. The van der Waals surface area contributed by atoms with Gasteiger partial charge >= 0.3 is 6.03 Å². The molecule has 5 nitrogen and oxygen atoms in total. The standard InChI is InChI=1S/C5H10N4O/c1-4-7-8-9(3)5(10)6-2/h4H,1H2,2-3H3,(H,6,10). The lowest BCUT2D eigenvalue weighted by atomic mass is 10.9. The zero-order chi connectivity index (χ0) is 7.98. The second-order valence-electron chi connectivity index (χ2n) is 1.47. The lowest BCUT2D eigenvalue weighted by Gasteiger charge is -2.06. The number of nitrogens with one attached hydrogen (secondary N) is 1. The van der Waals surface area contributed by atoms with Gasteiger partial charge in [0.2, 0.25) is 0 Å². The third-order valence-electron chi connectivity index (χ3n) is 0.775. The Hall–Kier alpha value is -1.39. The van der Waals surface area contributed by atoms with E-state index in [1.165, 1.54) is 20.3 Å². The van der Waals surface area contributed by atoms with Crippen molar-refractivity contribution in [2.24, 2.45) is 10.3 Å². The van der Waals surface area contributed by atoms with Crippen LogP contribution in [-0.4, -0.2) is 25.1 Å². The number of amides is 2. The van der Waals surface area contributed by atoms with Gasteiger partial charge in [0.1, 0.15) is 0 Å². The topological polar surface area (TPSA) is 57.1 Å². The summed E-state index contributed by atoms with van der Waals surface area (Å²) in [5.74, 6) is 0. The fraction of sp³-hybridized carbons (Fsp3) is 0.400. The molecule has 0 aromatic rings. The highest BCUT2D eigenvalue weighted by molar-refractivity contribution is 5.72. The Morgan fingerprint density at radius 2 is 2.40 bits per heavy atom. The van der Waals surface area contributed by atoms with E-state index in [1.807, 2.05) is 0 Å². The van der Waals surface area contributed by atoms with Crippen LogP contribution in [0.2, 0.25) is 0 Å². The lowest BCUT2D eigenvalue weighted by molar-refractivity contribution is 0.210. The Balaban J connectivity index is 3.83. The van der Waals surface area contributed by atoms with Crippen LogP contribution in [0.5, 0.6) is 0 Å². The smallest absolute Gasteiger partial charge is 0.338 e. The van der Waals surface area contributed by atoms with Crippen molar-refractivity contribution >= 4 is 6.03 Å². The van der Waals surface area contributed by atoms with Crippen LogP contribution in [-0.2, 0) is 0 Å². The van der Waals surface area contributed by atoms with Gasteiger partial charge in [-0.05, 0) is 0 Å². The van der Waals surface area contributed by atoms with Crippen LogP contribution in [0.1, 0.15) is 0 Å². The Kier molecular flexibility index (Phi) is 3.86. The van der Waals surface area contributed by atoms with E-state index in [4.69, 9.17) is 0 Å². The number of hydrogen-bond acceptors (Lipinski definition) is 3. The number of carbonyl (C=O) groups is 1. The molecule has 2 amide bonds. The summed E-state index contributed by atoms with van der Waals surface area (Å²) in [6.07, 6.45) is 1.25. The second-order valence-corrected chi connectivity index (χ2v) is 1.47. The van der Waals surface area contributed by atoms with Gasteiger partial charge in [-0.15, -0.1) is 5.11 Å². The van der Waals surface area contributed by atoms with Crippen LogP contribution < -0.4 is 5.32 Å². The fourth-order valence-corrected chi connectivity index (χ4v) is 0.316. The van der Waals surface area contributed by atoms with Crippen LogP contribution in [0.4, 0.5) is 4.79 Å². The minimum atomic E-state index is -0.314. The van der Waals surface area contributed by atoms with Crippen molar-refractivity contribution in [1.82, 2.24) is 10.3 Å². The normalized spacial score (nSPS) is 9.40. The molecule has 0 aromatic carbocycles. The summed E-state index contributed by atoms with van der Waals surface area (Å²) in [7, 11) is 3.01. The Morgan fingerprint density at radius 1 is 1.80 bits per heavy atom. The summed E-state index contributed by atoms with van der Waals surface area (Å²) in [5.41, 5.74) is 0. The molecule has 5 heteroatoms. The maximum Gasteiger partial charge on any atom is 0.338 e.